The van der Waals surface area contributed by atoms with Gasteiger partial charge in [-0.2, -0.15) is 0 Å². The number of aromatic hydroxyl groups is 1. The van der Waals surface area contributed by atoms with E-state index in [1.165, 1.54) is 25.0 Å². The van der Waals surface area contributed by atoms with Crippen molar-refractivity contribution in [3.8, 4) is 5.75 Å². The SMILES string of the molecule is Cc1cc(O)c(CC2CCCCN2)cc1F. The third-order valence-electron chi connectivity index (χ3n) is 3.24. The molecule has 1 unspecified atom stereocenters. The molecule has 0 amide bonds. The van der Waals surface area contributed by atoms with Crippen LogP contribution in [0.25, 0.3) is 0 Å². The van der Waals surface area contributed by atoms with Crippen LogP contribution in [0.4, 0.5) is 4.39 Å². The molecule has 3 heteroatoms. The van der Waals surface area contributed by atoms with Crippen molar-refractivity contribution >= 4 is 0 Å². The number of nitrogens with one attached hydrogen (secondary N) is 1. The van der Waals surface area contributed by atoms with Gasteiger partial charge in [-0.25, -0.2) is 4.39 Å². The first-order valence-electron chi connectivity index (χ1n) is 5.88. The van der Waals surface area contributed by atoms with Crippen molar-refractivity contribution < 1.29 is 9.50 Å². The van der Waals surface area contributed by atoms with Gasteiger partial charge in [0, 0.05) is 6.04 Å². The van der Waals surface area contributed by atoms with Gasteiger partial charge >= 0.3 is 0 Å². The van der Waals surface area contributed by atoms with Gasteiger partial charge in [-0.05, 0) is 56.0 Å². The smallest absolute Gasteiger partial charge is 0.126 e. The number of halogens is 1. The van der Waals surface area contributed by atoms with Crippen LogP contribution >= 0.6 is 0 Å². The fourth-order valence-corrected chi connectivity index (χ4v) is 2.23. The summed E-state index contributed by atoms with van der Waals surface area (Å²) in [5.41, 5.74) is 1.21. The highest BCUT2D eigenvalue weighted by Crippen LogP contribution is 2.24. The molecule has 0 aliphatic carbocycles. The van der Waals surface area contributed by atoms with Gasteiger partial charge in [-0.1, -0.05) is 6.42 Å². The van der Waals surface area contributed by atoms with E-state index >= 15 is 0 Å². The van der Waals surface area contributed by atoms with E-state index in [-0.39, 0.29) is 11.6 Å². The molecule has 1 heterocycles. The van der Waals surface area contributed by atoms with Crippen molar-refractivity contribution in [2.45, 2.75) is 38.6 Å². The summed E-state index contributed by atoms with van der Waals surface area (Å²) in [6, 6.07) is 3.34. The van der Waals surface area contributed by atoms with E-state index in [9.17, 15) is 9.50 Å². The number of hydrogen-bond acceptors (Lipinski definition) is 2. The third-order valence-corrected chi connectivity index (χ3v) is 3.24. The number of aryl methyl sites for hydroxylation is 1. The Bertz CT molecular complexity index is 372. The summed E-state index contributed by atoms with van der Waals surface area (Å²) >= 11 is 0. The summed E-state index contributed by atoms with van der Waals surface area (Å²) in [7, 11) is 0. The number of piperidine rings is 1. The Labute approximate surface area is 95.5 Å². The Hall–Kier alpha value is -1.09. The molecule has 1 aliphatic heterocycles. The van der Waals surface area contributed by atoms with Crippen LogP contribution in [-0.4, -0.2) is 17.7 Å². The van der Waals surface area contributed by atoms with E-state index in [1.54, 1.807) is 6.92 Å². The maximum absolute atomic E-state index is 13.4. The molecule has 0 bridgehead atoms. The lowest BCUT2D eigenvalue weighted by atomic mass is 9.96. The van der Waals surface area contributed by atoms with E-state index in [2.05, 4.69) is 5.32 Å². The Morgan fingerprint density at radius 1 is 1.44 bits per heavy atom. The molecule has 2 N–H and O–H groups in total. The predicted octanol–water partition coefficient (Wildman–Crippen LogP) is 2.52. The normalized spacial score (nSPS) is 21.0. The average molecular weight is 223 g/mol. The zero-order valence-electron chi connectivity index (χ0n) is 9.59. The minimum absolute atomic E-state index is 0.214. The van der Waals surface area contributed by atoms with Crippen LogP contribution in [0, 0.1) is 12.7 Å². The van der Waals surface area contributed by atoms with Crippen molar-refractivity contribution in [1.29, 1.82) is 0 Å². The van der Waals surface area contributed by atoms with Crippen LogP contribution in [0.15, 0.2) is 12.1 Å². The zero-order chi connectivity index (χ0) is 11.5. The second-order valence-corrected chi connectivity index (χ2v) is 4.58. The van der Waals surface area contributed by atoms with Gasteiger partial charge < -0.3 is 10.4 Å². The summed E-state index contributed by atoms with van der Waals surface area (Å²) < 4.78 is 13.4. The van der Waals surface area contributed by atoms with Gasteiger partial charge in [0.25, 0.3) is 0 Å². The molecule has 0 saturated carbocycles. The molecule has 88 valence electrons. The highest BCUT2D eigenvalue weighted by atomic mass is 19.1. The predicted molar refractivity (Wildman–Crippen MR) is 62.1 cm³/mol. The maximum Gasteiger partial charge on any atom is 0.126 e. The monoisotopic (exact) mass is 223 g/mol. The fourth-order valence-electron chi connectivity index (χ4n) is 2.23. The minimum atomic E-state index is -0.233. The van der Waals surface area contributed by atoms with Crippen molar-refractivity contribution in [3.05, 3.63) is 29.1 Å². The van der Waals surface area contributed by atoms with Crippen LogP contribution in [0.1, 0.15) is 30.4 Å². The zero-order valence-corrected chi connectivity index (χ0v) is 9.59. The molecule has 1 saturated heterocycles. The number of hydrogen-bond donors (Lipinski definition) is 2. The molecule has 1 aromatic rings. The molecular weight excluding hydrogens is 205 g/mol. The lowest BCUT2D eigenvalue weighted by Gasteiger charge is -2.23. The number of phenolic OH excluding ortho intramolecular Hbond substituents is 1. The summed E-state index contributed by atoms with van der Waals surface area (Å²) in [6.07, 6.45) is 4.25. The van der Waals surface area contributed by atoms with E-state index in [0.717, 1.165) is 13.0 Å². The molecule has 16 heavy (non-hydrogen) atoms. The van der Waals surface area contributed by atoms with E-state index in [0.29, 0.717) is 23.6 Å². The molecule has 0 aromatic heterocycles. The molecule has 0 radical (unpaired) electrons. The van der Waals surface area contributed by atoms with Crippen LogP contribution in [0.3, 0.4) is 0 Å². The molecule has 2 rings (SSSR count). The first kappa shape index (κ1) is 11.4. The lowest BCUT2D eigenvalue weighted by molar-refractivity contribution is 0.390. The second kappa shape index (κ2) is 4.83. The Kier molecular flexibility index (Phi) is 3.44. The van der Waals surface area contributed by atoms with Gasteiger partial charge in [-0.3, -0.25) is 0 Å². The van der Waals surface area contributed by atoms with Crippen molar-refractivity contribution in [2.24, 2.45) is 0 Å². The third kappa shape index (κ3) is 2.53. The number of benzene rings is 1. The quantitative estimate of drug-likeness (QED) is 0.807. The standard InChI is InChI=1S/C13H18FNO/c1-9-6-13(16)10(8-12(9)14)7-11-4-2-3-5-15-11/h6,8,11,15-16H,2-5,7H2,1H3. The van der Waals surface area contributed by atoms with Gasteiger partial charge in [0.05, 0.1) is 0 Å². The first-order chi connectivity index (χ1) is 7.66. The largest absolute Gasteiger partial charge is 0.508 e. The van der Waals surface area contributed by atoms with Crippen LogP contribution in [0.5, 0.6) is 5.75 Å². The maximum atomic E-state index is 13.4. The molecule has 1 atom stereocenters. The van der Waals surface area contributed by atoms with Crippen LogP contribution in [-0.2, 0) is 6.42 Å². The fraction of sp³-hybridized carbons (Fsp3) is 0.538. The molecule has 0 spiro atoms. The van der Waals surface area contributed by atoms with Gasteiger partial charge in [0.1, 0.15) is 11.6 Å². The Morgan fingerprint density at radius 3 is 2.94 bits per heavy atom. The number of rotatable bonds is 2. The average Bonchev–Trinajstić information content (AvgIpc) is 2.27. The van der Waals surface area contributed by atoms with Gasteiger partial charge in [0.15, 0.2) is 0 Å². The summed E-state index contributed by atoms with van der Waals surface area (Å²) in [5, 5.41) is 13.1. The minimum Gasteiger partial charge on any atom is -0.508 e. The molecule has 2 nitrogen and oxygen atoms in total. The summed E-state index contributed by atoms with van der Waals surface area (Å²) in [6.45, 7) is 2.69. The second-order valence-electron chi connectivity index (χ2n) is 4.58. The van der Waals surface area contributed by atoms with Crippen LogP contribution in [0.2, 0.25) is 0 Å². The topological polar surface area (TPSA) is 32.3 Å². The van der Waals surface area contributed by atoms with Crippen molar-refractivity contribution in [3.63, 3.8) is 0 Å². The highest BCUT2D eigenvalue weighted by molar-refractivity contribution is 5.37. The highest BCUT2D eigenvalue weighted by Gasteiger charge is 2.15. The molecule has 1 aliphatic rings. The number of phenols is 1. The van der Waals surface area contributed by atoms with Crippen molar-refractivity contribution in [1.82, 2.24) is 5.32 Å². The Balaban J connectivity index is 2.11. The molecule has 1 fully saturated rings. The lowest BCUT2D eigenvalue weighted by Crippen LogP contribution is -2.35. The van der Waals surface area contributed by atoms with Gasteiger partial charge in [-0.15, -0.1) is 0 Å². The van der Waals surface area contributed by atoms with Crippen LogP contribution < -0.4 is 5.32 Å². The first-order valence-corrected chi connectivity index (χ1v) is 5.88. The summed E-state index contributed by atoms with van der Waals surface area (Å²) in [5.74, 6) is -0.0186. The van der Waals surface area contributed by atoms with E-state index in [1.807, 2.05) is 0 Å². The van der Waals surface area contributed by atoms with Gasteiger partial charge in [0.2, 0.25) is 0 Å². The summed E-state index contributed by atoms with van der Waals surface area (Å²) in [4.78, 5) is 0. The Morgan fingerprint density at radius 2 is 2.25 bits per heavy atom. The van der Waals surface area contributed by atoms with E-state index in [4.69, 9.17) is 0 Å². The molecular formula is C13H18FNO. The van der Waals surface area contributed by atoms with Crippen molar-refractivity contribution in [2.75, 3.05) is 6.54 Å². The molecule has 1 aromatic carbocycles. The van der Waals surface area contributed by atoms with E-state index < -0.39 is 0 Å².